The SMILES string of the molecule is CCCc1nnsc1C(=O)N(C)Cc1cc(-c2cccnc2)no1. The van der Waals surface area contributed by atoms with Gasteiger partial charge in [0.15, 0.2) is 5.76 Å². The van der Waals surface area contributed by atoms with Crippen LogP contribution >= 0.6 is 11.5 Å². The molecule has 0 bridgehead atoms. The molecule has 0 unspecified atom stereocenters. The van der Waals surface area contributed by atoms with Crippen molar-refractivity contribution in [3.8, 4) is 11.3 Å². The zero-order valence-electron chi connectivity index (χ0n) is 13.5. The molecule has 0 aliphatic carbocycles. The van der Waals surface area contributed by atoms with E-state index in [1.54, 1.807) is 24.3 Å². The molecule has 0 N–H and O–H groups in total. The zero-order valence-corrected chi connectivity index (χ0v) is 14.3. The van der Waals surface area contributed by atoms with Gasteiger partial charge in [0, 0.05) is 31.1 Å². The zero-order chi connectivity index (χ0) is 16.9. The fourth-order valence-corrected chi connectivity index (χ4v) is 2.99. The van der Waals surface area contributed by atoms with Crippen LogP contribution in [0.2, 0.25) is 0 Å². The smallest absolute Gasteiger partial charge is 0.267 e. The molecule has 3 rings (SSSR count). The molecule has 0 aliphatic rings. The van der Waals surface area contributed by atoms with E-state index < -0.39 is 0 Å². The average Bonchev–Trinajstić information content (AvgIpc) is 3.25. The Morgan fingerprint density at radius 3 is 3.04 bits per heavy atom. The second kappa shape index (κ2) is 7.31. The molecule has 3 heterocycles. The molecule has 0 atom stereocenters. The van der Waals surface area contributed by atoms with Gasteiger partial charge in [-0.15, -0.1) is 5.10 Å². The summed E-state index contributed by atoms with van der Waals surface area (Å²) in [5.41, 5.74) is 2.33. The molecule has 0 saturated heterocycles. The lowest BCUT2D eigenvalue weighted by atomic mass is 10.2. The lowest BCUT2D eigenvalue weighted by molar-refractivity contribution is 0.0775. The van der Waals surface area contributed by atoms with E-state index in [4.69, 9.17) is 4.52 Å². The summed E-state index contributed by atoms with van der Waals surface area (Å²) in [6, 6.07) is 5.56. The van der Waals surface area contributed by atoms with E-state index >= 15 is 0 Å². The van der Waals surface area contributed by atoms with Gasteiger partial charge in [0.2, 0.25) is 0 Å². The van der Waals surface area contributed by atoms with Crippen molar-refractivity contribution in [2.45, 2.75) is 26.3 Å². The number of hydrogen-bond acceptors (Lipinski definition) is 7. The largest absolute Gasteiger partial charge is 0.359 e. The molecule has 3 aromatic rings. The molecule has 0 aromatic carbocycles. The van der Waals surface area contributed by atoms with Crippen molar-refractivity contribution >= 4 is 17.4 Å². The van der Waals surface area contributed by atoms with Crippen molar-refractivity contribution in [1.29, 1.82) is 0 Å². The number of amides is 1. The summed E-state index contributed by atoms with van der Waals surface area (Å²) in [5.74, 6) is 0.506. The maximum atomic E-state index is 12.6. The second-order valence-electron chi connectivity index (χ2n) is 5.38. The van der Waals surface area contributed by atoms with Crippen LogP contribution in [0.25, 0.3) is 11.3 Å². The van der Waals surface area contributed by atoms with Gasteiger partial charge in [0.1, 0.15) is 10.6 Å². The number of nitrogens with zero attached hydrogens (tertiary/aromatic N) is 5. The summed E-state index contributed by atoms with van der Waals surface area (Å²) >= 11 is 1.13. The Kier molecular flexibility index (Phi) is 4.95. The number of aromatic nitrogens is 4. The number of hydrogen-bond donors (Lipinski definition) is 0. The average molecular weight is 343 g/mol. The standard InChI is InChI=1S/C16H17N5O2S/c1-3-5-13-15(24-20-18-13)16(22)21(2)10-12-8-14(19-23-12)11-6-4-7-17-9-11/h4,6-9H,3,5,10H2,1-2H3. The molecule has 124 valence electrons. The van der Waals surface area contributed by atoms with E-state index in [9.17, 15) is 4.79 Å². The highest BCUT2D eigenvalue weighted by Gasteiger charge is 2.21. The third-order valence-corrected chi connectivity index (χ3v) is 4.25. The minimum atomic E-state index is -0.104. The summed E-state index contributed by atoms with van der Waals surface area (Å²) in [5, 5.41) is 8.07. The highest BCUT2D eigenvalue weighted by molar-refractivity contribution is 7.07. The Labute approximate surface area is 143 Å². The van der Waals surface area contributed by atoms with Crippen LogP contribution in [0.3, 0.4) is 0 Å². The van der Waals surface area contributed by atoms with Gasteiger partial charge >= 0.3 is 0 Å². The van der Waals surface area contributed by atoms with E-state index in [0.717, 1.165) is 35.6 Å². The number of rotatable bonds is 6. The van der Waals surface area contributed by atoms with Crippen LogP contribution in [0.4, 0.5) is 0 Å². The summed E-state index contributed by atoms with van der Waals surface area (Å²) < 4.78 is 9.23. The molecule has 0 fully saturated rings. The Morgan fingerprint density at radius 2 is 2.29 bits per heavy atom. The Hall–Kier alpha value is -2.61. The van der Waals surface area contributed by atoms with Crippen LogP contribution in [-0.2, 0) is 13.0 Å². The summed E-state index contributed by atoms with van der Waals surface area (Å²) in [4.78, 5) is 18.8. The number of aryl methyl sites for hydroxylation is 1. The van der Waals surface area contributed by atoms with E-state index in [2.05, 4.69) is 19.7 Å². The van der Waals surface area contributed by atoms with Crippen LogP contribution < -0.4 is 0 Å². The molecule has 0 saturated carbocycles. The predicted octanol–water partition coefficient (Wildman–Crippen LogP) is 2.81. The molecule has 0 aliphatic heterocycles. The first-order valence-corrected chi connectivity index (χ1v) is 8.39. The Balaban J connectivity index is 1.71. The first-order valence-electron chi connectivity index (χ1n) is 7.61. The lowest BCUT2D eigenvalue weighted by Crippen LogP contribution is -2.26. The monoisotopic (exact) mass is 343 g/mol. The van der Waals surface area contributed by atoms with E-state index in [-0.39, 0.29) is 5.91 Å². The number of carbonyl (C=O) groups excluding carboxylic acids is 1. The number of pyridine rings is 1. The van der Waals surface area contributed by atoms with Crippen molar-refractivity contribution in [1.82, 2.24) is 24.6 Å². The van der Waals surface area contributed by atoms with Gasteiger partial charge in [-0.1, -0.05) is 23.0 Å². The quantitative estimate of drug-likeness (QED) is 0.684. The van der Waals surface area contributed by atoms with Gasteiger partial charge in [-0.25, -0.2) is 0 Å². The van der Waals surface area contributed by atoms with Crippen molar-refractivity contribution in [2.75, 3.05) is 7.05 Å². The molecule has 8 heteroatoms. The van der Waals surface area contributed by atoms with Crippen molar-refractivity contribution in [3.05, 3.63) is 46.9 Å². The van der Waals surface area contributed by atoms with Gasteiger partial charge in [0.25, 0.3) is 5.91 Å². The minimum absolute atomic E-state index is 0.104. The van der Waals surface area contributed by atoms with Crippen LogP contribution in [0.1, 0.15) is 34.5 Å². The fraction of sp³-hybridized carbons (Fsp3) is 0.312. The Morgan fingerprint density at radius 1 is 1.42 bits per heavy atom. The molecular weight excluding hydrogens is 326 g/mol. The highest BCUT2D eigenvalue weighted by atomic mass is 32.1. The minimum Gasteiger partial charge on any atom is -0.359 e. The van der Waals surface area contributed by atoms with Crippen molar-refractivity contribution in [2.24, 2.45) is 0 Å². The summed E-state index contributed by atoms with van der Waals surface area (Å²) in [6.07, 6.45) is 5.09. The van der Waals surface area contributed by atoms with Crippen molar-refractivity contribution in [3.63, 3.8) is 0 Å². The van der Waals surface area contributed by atoms with Crippen LogP contribution in [0.15, 0.2) is 35.1 Å². The third-order valence-electron chi connectivity index (χ3n) is 3.49. The molecule has 1 amide bonds. The maximum Gasteiger partial charge on any atom is 0.267 e. The normalized spacial score (nSPS) is 10.8. The second-order valence-corrected chi connectivity index (χ2v) is 6.13. The van der Waals surface area contributed by atoms with Crippen molar-refractivity contribution < 1.29 is 9.32 Å². The summed E-state index contributed by atoms with van der Waals surface area (Å²) in [6.45, 7) is 2.38. The summed E-state index contributed by atoms with van der Waals surface area (Å²) in [7, 11) is 1.73. The Bertz CT molecular complexity index is 815. The van der Waals surface area contributed by atoms with E-state index in [1.165, 1.54) is 0 Å². The van der Waals surface area contributed by atoms with E-state index in [0.29, 0.717) is 22.9 Å². The van der Waals surface area contributed by atoms with Gasteiger partial charge in [-0.05, 0) is 30.1 Å². The van der Waals surface area contributed by atoms with Gasteiger partial charge in [-0.2, -0.15) is 0 Å². The lowest BCUT2D eigenvalue weighted by Gasteiger charge is -2.14. The molecular formula is C16H17N5O2S. The van der Waals surface area contributed by atoms with Crippen LogP contribution in [-0.4, -0.2) is 37.6 Å². The van der Waals surface area contributed by atoms with Crippen LogP contribution in [0.5, 0.6) is 0 Å². The molecule has 3 aromatic heterocycles. The molecule has 0 radical (unpaired) electrons. The first kappa shape index (κ1) is 16.3. The number of carbonyl (C=O) groups is 1. The van der Waals surface area contributed by atoms with Crippen LogP contribution in [0, 0.1) is 0 Å². The third kappa shape index (κ3) is 3.48. The molecule has 24 heavy (non-hydrogen) atoms. The fourth-order valence-electron chi connectivity index (χ4n) is 2.29. The van der Waals surface area contributed by atoms with Gasteiger partial charge < -0.3 is 9.42 Å². The highest BCUT2D eigenvalue weighted by Crippen LogP contribution is 2.20. The topological polar surface area (TPSA) is 85.0 Å². The first-order chi connectivity index (χ1) is 11.7. The maximum absolute atomic E-state index is 12.6. The van der Waals surface area contributed by atoms with Gasteiger partial charge in [-0.3, -0.25) is 9.78 Å². The van der Waals surface area contributed by atoms with E-state index in [1.807, 2.05) is 25.1 Å². The van der Waals surface area contributed by atoms with Gasteiger partial charge in [0.05, 0.1) is 12.2 Å². The molecule has 7 nitrogen and oxygen atoms in total. The predicted molar refractivity (Wildman–Crippen MR) is 89.4 cm³/mol. The molecule has 0 spiro atoms.